The number of hydrogen-bond acceptors (Lipinski definition) is 4. The molecule has 0 saturated carbocycles. The van der Waals surface area contributed by atoms with E-state index in [1.165, 1.54) is 5.56 Å². The van der Waals surface area contributed by atoms with E-state index in [9.17, 15) is 0 Å². The summed E-state index contributed by atoms with van der Waals surface area (Å²) in [7, 11) is 0. The van der Waals surface area contributed by atoms with Crippen molar-refractivity contribution in [3.8, 4) is 0 Å². The third-order valence-corrected chi connectivity index (χ3v) is 4.68. The molecule has 2 aromatic carbocycles. The maximum Gasteiger partial charge on any atom is 0.212 e. The van der Waals surface area contributed by atoms with Gasteiger partial charge in [0.25, 0.3) is 0 Å². The van der Waals surface area contributed by atoms with E-state index >= 15 is 0 Å². The molecule has 0 saturated heterocycles. The smallest absolute Gasteiger partial charge is 0.195 e. The molecule has 116 valence electrons. The molecule has 0 fully saturated rings. The minimum atomic E-state index is 0.720. The molecule has 0 atom stereocenters. The highest BCUT2D eigenvalue weighted by atomic mass is 35.5. The van der Waals surface area contributed by atoms with E-state index in [0.717, 1.165) is 27.1 Å². The summed E-state index contributed by atoms with van der Waals surface area (Å²) in [5.41, 5.74) is 3.31. The molecule has 0 spiro atoms. The van der Waals surface area contributed by atoms with Crippen molar-refractivity contribution in [3.05, 3.63) is 76.6 Å². The molecule has 0 aliphatic rings. The normalized spacial score (nSPS) is 11.2. The van der Waals surface area contributed by atoms with Crippen LogP contribution in [0.5, 0.6) is 0 Å². The van der Waals surface area contributed by atoms with Gasteiger partial charge in [0.15, 0.2) is 0 Å². The van der Waals surface area contributed by atoms with Gasteiger partial charge in [-0.25, -0.2) is 0 Å². The Bertz CT molecular complexity index is 829. The minimum absolute atomic E-state index is 0.720. The predicted octanol–water partition coefficient (Wildman–Crippen LogP) is 4.41. The molecule has 6 heteroatoms. The number of nitrogens with zero attached hydrogens (tertiary/aromatic N) is 4. The van der Waals surface area contributed by atoms with Crippen LogP contribution >= 0.6 is 23.4 Å². The topological polar surface area (TPSA) is 43.1 Å². The summed E-state index contributed by atoms with van der Waals surface area (Å²) >= 11 is 7.73. The number of aromatic nitrogens is 3. The van der Waals surface area contributed by atoms with Gasteiger partial charge in [-0.2, -0.15) is 9.78 Å². The Kier molecular flexibility index (Phi) is 5.10. The van der Waals surface area contributed by atoms with E-state index < -0.39 is 0 Å². The second-order valence-corrected chi connectivity index (χ2v) is 6.29. The van der Waals surface area contributed by atoms with Crippen LogP contribution in [0.15, 0.2) is 65.1 Å². The SMILES string of the molecule is Cc1ccccc1/C=N/n1cnnc1SCc1ccccc1Cl. The van der Waals surface area contributed by atoms with Crippen molar-refractivity contribution in [1.29, 1.82) is 0 Å². The number of hydrogen-bond donors (Lipinski definition) is 0. The molecular formula is C17H15ClN4S. The summed E-state index contributed by atoms with van der Waals surface area (Å²) in [4.78, 5) is 0. The van der Waals surface area contributed by atoms with Crippen LogP contribution in [-0.4, -0.2) is 21.1 Å². The molecule has 0 aliphatic carbocycles. The number of halogens is 1. The summed E-state index contributed by atoms with van der Waals surface area (Å²) in [5, 5.41) is 14.0. The van der Waals surface area contributed by atoms with Crippen LogP contribution in [0.1, 0.15) is 16.7 Å². The van der Waals surface area contributed by atoms with Gasteiger partial charge in [0.1, 0.15) is 6.33 Å². The fourth-order valence-electron chi connectivity index (χ4n) is 2.01. The molecule has 1 aromatic heterocycles. The van der Waals surface area contributed by atoms with Crippen LogP contribution in [0.3, 0.4) is 0 Å². The molecule has 3 rings (SSSR count). The van der Waals surface area contributed by atoms with Crippen molar-refractivity contribution in [2.24, 2.45) is 5.10 Å². The highest BCUT2D eigenvalue weighted by Crippen LogP contribution is 2.25. The van der Waals surface area contributed by atoms with E-state index in [1.807, 2.05) is 48.7 Å². The first-order chi connectivity index (χ1) is 11.2. The number of benzene rings is 2. The Morgan fingerprint density at radius 1 is 1.17 bits per heavy atom. The standard InChI is InChI=1S/C17H15ClN4S/c1-13-6-2-3-7-14(13)10-20-22-12-19-21-17(22)23-11-15-8-4-5-9-16(15)18/h2-10,12H,11H2,1H3/b20-10+. The van der Waals surface area contributed by atoms with Crippen LogP contribution in [0.4, 0.5) is 0 Å². The third kappa shape index (κ3) is 4.00. The predicted molar refractivity (Wildman–Crippen MR) is 95.2 cm³/mol. The molecule has 3 aromatic rings. The van der Waals surface area contributed by atoms with Gasteiger partial charge in [-0.05, 0) is 29.7 Å². The first kappa shape index (κ1) is 15.8. The molecule has 1 heterocycles. The van der Waals surface area contributed by atoms with Crippen LogP contribution in [0.2, 0.25) is 5.02 Å². The van der Waals surface area contributed by atoms with E-state index in [0.29, 0.717) is 0 Å². The van der Waals surface area contributed by atoms with Crippen LogP contribution in [-0.2, 0) is 5.75 Å². The first-order valence-corrected chi connectivity index (χ1v) is 8.46. The van der Waals surface area contributed by atoms with Gasteiger partial charge >= 0.3 is 0 Å². The lowest BCUT2D eigenvalue weighted by Gasteiger charge is -2.03. The molecular weight excluding hydrogens is 328 g/mol. The molecule has 0 amide bonds. The maximum atomic E-state index is 6.18. The molecule has 0 bridgehead atoms. The Morgan fingerprint density at radius 2 is 1.96 bits per heavy atom. The Hall–Kier alpha value is -2.11. The fourth-order valence-corrected chi connectivity index (χ4v) is 3.16. The van der Waals surface area contributed by atoms with E-state index in [2.05, 4.69) is 28.3 Å². The van der Waals surface area contributed by atoms with Crippen molar-refractivity contribution < 1.29 is 0 Å². The van der Waals surface area contributed by atoms with Gasteiger partial charge in [0.05, 0.1) is 6.21 Å². The highest BCUT2D eigenvalue weighted by molar-refractivity contribution is 7.98. The van der Waals surface area contributed by atoms with Gasteiger partial charge in [0.2, 0.25) is 5.16 Å². The van der Waals surface area contributed by atoms with Gasteiger partial charge in [-0.3, -0.25) is 0 Å². The second kappa shape index (κ2) is 7.44. The average molecular weight is 343 g/mol. The fraction of sp³-hybridized carbons (Fsp3) is 0.118. The van der Waals surface area contributed by atoms with Crippen molar-refractivity contribution in [1.82, 2.24) is 14.9 Å². The Balaban J connectivity index is 1.73. The Morgan fingerprint density at radius 3 is 2.78 bits per heavy atom. The van der Waals surface area contributed by atoms with Gasteiger partial charge in [-0.1, -0.05) is 65.8 Å². The van der Waals surface area contributed by atoms with Crippen LogP contribution in [0.25, 0.3) is 0 Å². The third-order valence-electron chi connectivity index (χ3n) is 3.32. The zero-order valence-electron chi connectivity index (χ0n) is 12.6. The zero-order valence-corrected chi connectivity index (χ0v) is 14.1. The van der Waals surface area contributed by atoms with Crippen molar-refractivity contribution in [2.75, 3.05) is 0 Å². The van der Waals surface area contributed by atoms with Crippen molar-refractivity contribution >= 4 is 29.6 Å². The van der Waals surface area contributed by atoms with Gasteiger partial charge < -0.3 is 0 Å². The lowest BCUT2D eigenvalue weighted by Crippen LogP contribution is -1.94. The van der Waals surface area contributed by atoms with Crippen LogP contribution < -0.4 is 0 Å². The summed E-state index contributed by atoms with van der Waals surface area (Å²) in [6, 6.07) is 15.9. The molecule has 0 N–H and O–H groups in total. The highest BCUT2D eigenvalue weighted by Gasteiger charge is 2.06. The Labute approximate surface area is 144 Å². The summed E-state index contributed by atoms with van der Waals surface area (Å²) in [6.45, 7) is 2.06. The van der Waals surface area contributed by atoms with Crippen molar-refractivity contribution in [2.45, 2.75) is 17.8 Å². The number of aryl methyl sites for hydroxylation is 1. The number of thioether (sulfide) groups is 1. The zero-order chi connectivity index (χ0) is 16.1. The lowest BCUT2D eigenvalue weighted by atomic mass is 10.1. The van der Waals surface area contributed by atoms with Crippen LogP contribution in [0, 0.1) is 6.92 Å². The van der Waals surface area contributed by atoms with E-state index in [1.54, 1.807) is 22.8 Å². The molecule has 4 nitrogen and oxygen atoms in total. The monoisotopic (exact) mass is 342 g/mol. The molecule has 23 heavy (non-hydrogen) atoms. The van der Waals surface area contributed by atoms with E-state index in [-0.39, 0.29) is 0 Å². The van der Waals surface area contributed by atoms with Crippen molar-refractivity contribution in [3.63, 3.8) is 0 Å². The molecule has 0 radical (unpaired) electrons. The quantitative estimate of drug-likeness (QED) is 0.509. The maximum absolute atomic E-state index is 6.18. The summed E-state index contributed by atoms with van der Waals surface area (Å²) < 4.78 is 1.67. The van der Waals surface area contributed by atoms with Gasteiger partial charge in [-0.15, -0.1) is 10.2 Å². The molecule has 0 aliphatic heterocycles. The summed E-state index contributed by atoms with van der Waals surface area (Å²) in [6.07, 6.45) is 3.42. The van der Waals surface area contributed by atoms with E-state index in [4.69, 9.17) is 11.6 Å². The first-order valence-electron chi connectivity index (χ1n) is 7.10. The second-order valence-electron chi connectivity index (χ2n) is 4.94. The number of rotatable bonds is 5. The van der Waals surface area contributed by atoms with Gasteiger partial charge in [0, 0.05) is 10.8 Å². The average Bonchev–Trinajstić information content (AvgIpc) is 3.01. The largest absolute Gasteiger partial charge is 0.212 e. The minimum Gasteiger partial charge on any atom is -0.195 e. The summed E-state index contributed by atoms with van der Waals surface area (Å²) in [5.74, 6) is 0.720. The lowest BCUT2D eigenvalue weighted by molar-refractivity contribution is 0.767. The molecule has 0 unspecified atom stereocenters.